The molecule has 1 saturated heterocycles. The first-order valence-corrected chi connectivity index (χ1v) is 10.1. The van der Waals surface area contributed by atoms with Gasteiger partial charge >= 0.3 is 0 Å². The zero-order valence-corrected chi connectivity index (χ0v) is 18.0. The average Bonchev–Trinajstić information content (AvgIpc) is 3.24. The Morgan fingerprint density at radius 1 is 0.889 bits per heavy atom. The zero-order chi connectivity index (χ0) is 19.8. The molecule has 0 unspecified atom stereocenters. The highest BCUT2D eigenvalue weighted by Gasteiger charge is 2.45. The second-order valence-electron chi connectivity index (χ2n) is 8.25. The first-order valence-electron chi connectivity index (χ1n) is 10.1. The molecular formula is C23H34N2O2. The fourth-order valence-corrected chi connectivity index (χ4v) is 4.14. The van der Waals surface area contributed by atoms with E-state index in [4.69, 9.17) is 9.47 Å². The van der Waals surface area contributed by atoms with Gasteiger partial charge in [0.15, 0.2) is 0 Å². The number of rotatable bonds is 5. The summed E-state index contributed by atoms with van der Waals surface area (Å²) in [4.78, 5) is 4.26. The predicted molar refractivity (Wildman–Crippen MR) is 109 cm³/mol. The van der Waals surface area contributed by atoms with Crippen LogP contribution >= 0.6 is 0 Å². The molecule has 1 aliphatic rings. The van der Waals surface area contributed by atoms with E-state index in [1.54, 1.807) is 6.20 Å². The molecule has 27 heavy (non-hydrogen) atoms. The van der Waals surface area contributed by atoms with E-state index in [-0.39, 0.29) is 5.41 Å². The summed E-state index contributed by atoms with van der Waals surface area (Å²) in [7, 11) is 0. The van der Waals surface area contributed by atoms with E-state index in [1.807, 2.05) is 17.1 Å². The van der Waals surface area contributed by atoms with E-state index >= 15 is 0 Å². The van der Waals surface area contributed by atoms with Crippen LogP contribution in [0, 0.1) is 40.0 Å². The van der Waals surface area contributed by atoms with Crippen molar-refractivity contribution in [3.63, 3.8) is 0 Å². The molecule has 0 spiro atoms. The molecule has 1 aromatic heterocycles. The Morgan fingerprint density at radius 3 is 1.85 bits per heavy atom. The first-order chi connectivity index (χ1) is 12.8. The lowest BCUT2D eigenvalue weighted by molar-refractivity contribution is -0.352. The molecule has 4 nitrogen and oxygen atoms in total. The van der Waals surface area contributed by atoms with E-state index in [2.05, 4.69) is 53.5 Å². The molecule has 3 rings (SSSR count). The van der Waals surface area contributed by atoms with Gasteiger partial charge < -0.3 is 9.47 Å². The minimum Gasteiger partial charge on any atom is -0.332 e. The fraction of sp³-hybridized carbons (Fsp3) is 0.609. The van der Waals surface area contributed by atoms with Crippen molar-refractivity contribution in [2.75, 3.05) is 13.2 Å². The van der Waals surface area contributed by atoms with Crippen LogP contribution in [0.25, 0.3) is 0 Å². The third kappa shape index (κ3) is 3.34. The molecule has 2 aromatic rings. The summed E-state index contributed by atoms with van der Waals surface area (Å²) in [6.07, 6.45) is 8.36. The lowest BCUT2D eigenvalue weighted by atomic mass is 9.83. The van der Waals surface area contributed by atoms with Gasteiger partial charge in [-0.2, -0.15) is 0 Å². The van der Waals surface area contributed by atoms with Crippen molar-refractivity contribution in [2.45, 2.75) is 73.6 Å². The molecule has 148 valence electrons. The zero-order valence-electron chi connectivity index (χ0n) is 18.0. The van der Waals surface area contributed by atoms with Crippen LogP contribution in [0.2, 0.25) is 0 Å². The second kappa shape index (κ2) is 7.40. The van der Waals surface area contributed by atoms with Crippen LogP contribution in [0.5, 0.6) is 0 Å². The van der Waals surface area contributed by atoms with E-state index < -0.39 is 5.91 Å². The quantitative estimate of drug-likeness (QED) is 0.732. The van der Waals surface area contributed by atoms with E-state index in [0.717, 1.165) is 12.8 Å². The van der Waals surface area contributed by atoms with Crippen LogP contribution < -0.4 is 0 Å². The van der Waals surface area contributed by atoms with E-state index in [0.29, 0.717) is 19.6 Å². The standard InChI is InChI=1S/C23H34N2O2/c1-8-22(9-2)13-26-23(27-14-22,25-11-10-24-15-25)12-21-19(6)17(4)16(3)18(5)20(21)7/h10-11,15H,8-9,12-14H2,1-7H3. The van der Waals surface area contributed by atoms with Gasteiger partial charge in [0.2, 0.25) is 0 Å². The molecule has 1 fully saturated rings. The minimum atomic E-state index is -0.825. The number of hydrogen-bond donors (Lipinski definition) is 0. The lowest BCUT2D eigenvalue weighted by Gasteiger charge is -2.46. The average molecular weight is 371 g/mol. The molecule has 4 heteroatoms. The Kier molecular flexibility index (Phi) is 5.51. The summed E-state index contributed by atoms with van der Waals surface area (Å²) in [6.45, 7) is 16.9. The summed E-state index contributed by atoms with van der Waals surface area (Å²) >= 11 is 0. The van der Waals surface area contributed by atoms with Crippen molar-refractivity contribution < 1.29 is 9.47 Å². The number of aromatic nitrogens is 2. The van der Waals surface area contributed by atoms with Gasteiger partial charge in [-0.1, -0.05) is 13.8 Å². The third-order valence-corrected chi connectivity index (χ3v) is 7.16. The van der Waals surface area contributed by atoms with Crippen LogP contribution in [0.3, 0.4) is 0 Å². The van der Waals surface area contributed by atoms with Gasteiger partial charge in [-0.05, 0) is 80.8 Å². The largest absolute Gasteiger partial charge is 0.332 e. The van der Waals surface area contributed by atoms with Crippen molar-refractivity contribution in [3.05, 3.63) is 52.1 Å². The Morgan fingerprint density at radius 2 is 1.41 bits per heavy atom. The minimum absolute atomic E-state index is 0.104. The van der Waals surface area contributed by atoms with Gasteiger partial charge in [-0.15, -0.1) is 0 Å². The van der Waals surface area contributed by atoms with Gasteiger partial charge in [0, 0.05) is 24.2 Å². The number of benzene rings is 1. The molecule has 0 saturated carbocycles. The molecule has 0 aliphatic carbocycles. The van der Waals surface area contributed by atoms with Crippen molar-refractivity contribution in [3.8, 4) is 0 Å². The Labute approximate surface area is 163 Å². The Hall–Kier alpha value is -1.65. The van der Waals surface area contributed by atoms with E-state index in [1.165, 1.54) is 33.4 Å². The number of nitrogens with zero attached hydrogens (tertiary/aromatic N) is 2. The van der Waals surface area contributed by atoms with Crippen molar-refractivity contribution >= 4 is 0 Å². The SMILES string of the molecule is CCC1(CC)COC(Cc2c(C)c(C)c(C)c(C)c2C)(n2ccnc2)OC1. The second-order valence-corrected chi connectivity index (χ2v) is 8.25. The molecule has 0 radical (unpaired) electrons. The Balaban J connectivity index is 2.04. The molecule has 1 aromatic carbocycles. The summed E-state index contributed by atoms with van der Waals surface area (Å²) < 4.78 is 15.1. The highest BCUT2D eigenvalue weighted by atomic mass is 16.7. The molecule has 0 amide bonds. The topological polar surface area (TPSA) is 36.3 Å². The highest BCUT2D eigenvalue weighted by Crippen LogP contribution is 2.41. The molecule has 0 bridgehead atoms. The van der Waals surface area contributed by atoms with Crippen LogP contribution in [-0.4, -0.2) is 22.8 Å². The maximum atomic E-state index is 6.53. The van der Waals surface area contributed by atoms with Gasteiger partial charge in [0.25, 0.3) is 5.91 Å². The van der Waals surface area contributed by atoms with E-state index in [9.17, 15) is 0 Å². The molecular weight excluding hydrogens is 336 g/mol. The lowest BCUT2D eigenvalue weighted by Crippen LogP contribution is -2.52. The van der Waals surface area contributed by atoms with Crippen LogP contribution in [0.15, 0.2) is 18.7 Å². The van der Waals surface area contributed by atoms with Crippen molar-refractivity contribution in [1.82, 2.24) is 9.55 Å². The normalized spacial score (nSPS) is 18.6. The van der Waals surface area contributed by atoms with Crippen molar-refractivity contribution in [2.24, 2.45) is 5.41 Å². The fourth-order valence-electron chi connectivity index (χ4n) is 4.14. The summed E-state index contributed by atoms with van der Waals surface area (Å²) in [6, 6.07) is 0. The molecule has 0 atom stereocenters. The number of imidazole rings is 1. The molecule has 0 N–H and O–H groups in total. The van der Waals surface area contributed by atoms with Crippen LogP contribution in [0.4, 0.5) is 0 Å². The van der Waals surface area contributed by atoms with Crippen molar-refractivity contribution in [1.29, 1.82) is 0 Å². The maximum Gasteiger partial charge on any atom is 0.260 e. The number of hydrogen-bond acceptors (Lipinski definition) is 3. The van der Waals surface area contributed by atoms with Gasteiger partial charge in [0.05, 0.1) is 19.5 Å². The van der Waals surface area contributed by atoms with Crippen LogP contribution in [-0.2, 0) is 21.8 Å². The molecule has 1 aliphatic heterocycles. The summed E-state index contributed by atoms with van der Waals surface area (Å²) in [5.41, 5.74) is 8.21. The Bertz CT molecular complexity index is 765. The predicted octanol–water partition coefficient (Wildman–Crippen LogP) is 5.13. The monoisotopic (exact) mass is 370 g/mol. The summed E-state index contributed by atoms with van der Waals surface area (Å²) in [5.74, 6) is -0.825. The third-order valence-electron chi connectivity index (χ3n) is 7.16. The first kappa shape index (κ1) is 20.1. The number of ether oxygens (including phenoxy) is 2. The van der Waals surface area contributed by atoms with Gasteiger partial charge in [0.1, 0.15) is 0 Å². The smallest absolute Gasteiger partial charge is 0.260 e. The molecule has 2 heterocycles. The van der Waals surface area contributed by atoms with Gasteiger partial charge in [-0.25, -0.2) is 4.98 Å². The summed E-state index contributed by atoms with van der Waals surface area (Å²) in [5, 5.41) is 0. The van der Waals surface area contributed by atoms with Gasteiger partial charge in [-0.3, -0.25) is 4.57 Å². The van der Waals surface area contributed by atoms with Crippen LogP contribution in [0.1, 0.15) is 60.1 Å². The highest BCUT2D eigenvalue weighted by molar-refractivity contribution is 5.49. The maximum absolute atomic E-state index is 6.53.